The summed E-state index contributed by atoms with van der Waals surface area (Å²) in [6.45, 7) is 3.30. The number of benzene rings is 2. The number of carbonyl (C=O) groups is 1. The van der Waals surface area contributed by atoms with E-state index in [2.05, 4.69) is 39.1 Å². The smallest absolute Gasteiger partial charge is 0.222 e. The van der Waals surface area contributed by atoms with Crippen LogP contribution in [0.4, 0.5) is 5.69 Å². The average molecular weight is 459 g/mol. The van der Waals surface area contributed by atoms with Gasteiger partial charge in [-0.1, -0.05) is 35.9 Å². The topological polar surface area (TPSA) is 52.2 Å². The van der Waals surface area contributed by atoms with Crippen molar-refractivity contribution >= 4 is 34.1 Å². The van der Waals surface area contributed by atoms with Crippen molar-refractivity contribution in [1.82, 2.24) is 14.9 Å². The molecule has 2 aromatic carbocycles. The van der Waals surface area contributed by atoms with Crippen molar-refractivity contribution in [3.05, 3.63) is 83.5 Å². The highest BCUT2D eigenvalue weighted by Gasteiger charge is 2.21. The molecule has 4 aromatic rings. The first kappa shape index (κ1) is 21.5. The minimum absolute atomic E-state index is 0.236. The number of aromatic nitrogens is 2. The highest BCUT2D eigenvalue weighted by Crippen LogP contribution is 2.32. The Morgan fingerprint density at radius 3 is 2.52 bits per heavy atom. The maximum Gasteiger partial charge on any atom is 0.222 e. The summed E-state index contributed by atoms with van der Waals surface area (Å²) in [5.74, 6) is 0.236. The molecule has 168 valence electrons. The Kier molecular flexibility index (Phi) is 6.31. The summed E-state index contributed by atoms with van der Waals surface area (Å²) in [6.07, 6.45) is 3.93. The van der Waals surface area contributed by atoms with Crippen molar-refractivity contribution in [2.24, 2.45) is 0 Å². The zero-order valence-electron chi connectivity index (χ0n) is 18.5. The molecule has 5 rings (SSSR count). The number of H-pyrrole nitrogens is 1. The number of hydrogen-bond donors (Lipinski definition) is 1. The molecule has 0 bridgehead atoms. The highest BCUT2D eigenvalue weighted by atomic mass is 35.5. The van der Waals surface area contributed by atoms with Crippen LogP contribution < -0.4 is 4.90 Å². The molecule has 0 saturated carbocycles. The minimum Gasteiger partial charge on any atom is -0.368 e. The van der Waals surface area contributed by atoms with Crippen LogP contribution in [0.15, 0.2) is 72.9 Å². The zero-order chi connectivity index (χ0) is 22.6. The lowest BCUT2D eigenvalue weighted by Crippen LogP contribution is -2.48. The van der Waals surface area contributed by atoms with E-state index in [9.17, 15) is 4.79 Å². The molecular weight excluding hydrogens is 432 g/mol. The number of pyridine rings is 1. The number of carbonyl (C=O) groups excluding carboxylic acids is 1. The molecule has 0 aliphatic carbocycles. The maximum atomic E-state index is 12.9. The first-order chi connectivity index (χ1) is 16.2. The molecule has 1 aliphatic heterocycles. The van der Waals surface area contributed by atoms with E-state index in [4.69, 9.17) is 11.6 Å². The van der Waals surface area contributed by atoms with Gasteiger partial charge in [0.05, 0.1) is 11.4 Å². The van der Waals surface area contributed by atoms with Crippen molar-refractivity contribution in [3.8, 4) is 11.4 Å². The number of anilines is 1. The fourth-order valence-electron chi connectivity index (χ4n) is 4.64. The maximum absolute atomic E-state index is 12.9. The number of piperazine rings is 1. The van der Waals surface area contributed by atoms with E-state index < -0.39 is 0 Å². The average Bonchev–Trinajstić information content (AvgIpc) is 3.23. The molecule has 1 aliphatic rings. The molecular formula is C27H27ClN4O. The van der Waals surface area contributed by atoms with Gasteiger partial charge >= 0.3 is 0 Å². The fraction of sp³-hybridized carbons (Fsp3) is 0.259. The molecule has 0 spiro atoms. The Balaban J connectivity index is 1.24. The van der Waals surface area contributed by atoms with Crippen LogP contribution in [-0.2, 0) is 11.2 Å². The summed E-state index contributed by atoms with van der Waals surface area (Å²) in [4.78, 5) is 25.3. The Hall–Kier alpha value is -3.31. The lowest BCUT2D eigenvalue weighted by Gasteiger charge is -2.36. The van der Waals surface area contributed by atoms with Gasteiger partial charge in [-0.15, -0.1) is 0 Å². The third-order valence-electron chi connectivity index (χ3n) is 6.36. The first-order valence-corrected chi connectivity index (χ1v) is 11.9. The Labute approximate surface area is 199 Å². The molecule has 0 radical (unpaired) electrons. The van der Waals surface area contributed by atoms with Gasteiger partial charge in [-0.2, -0.15) is 0 Å². The largest absolute Gasteiger partial charge is 0.368 e. The van der Waals surface area contributed by atoms with Crippen molar-refractivity contribution < 1.29 is 4.79 Å². The number of halogens is 1. The third-order valence-corrected chi connectivity index (χ3v) is 6.60. The van der Waals surface area contributed by atoms with E-state index in [1.807, 2.05) is 47.4 Å². The number of para-hydroxylation sites is 1. The van der Waals surface area contributed by atoms with Crippen molar-refractivity contribution in [2.75, 3.05) is 31.1 Å². The number of aromatic amines is 1. The van der Waals surface area contributed by atoms with Gasteiger partial charge in [0.15, 0.2) is 0 Å². The molecule has 2 aromatic heterocycles. The van der Waals surface area contributed by atoms with Gasteiger partial charge in [0.25, 0.3) is 0 Å². The normalized spacial score (nSPS) is 14.1. The summed E-state index contributed by atoms with van der Waals surface area (Å²) < 4.78 is 0. The predicted molar refractivity (Wildman–Crippen MR) is 135 cm³/mol. The van der Waals surface area contributed by atoms with Crippen LogP contribution in [0.25, 0.3) is 22.3 Å². The lowest BCUT2D eigenvalue weighted by molar-refractivity contribution is -0.131. The van der Waals surface area contributed by atoms with Crippen molar-refractivity contribution in [3.63, 3.8) is 0 Å². The second-order valence-corrected chi connectivity index (χ2v) is 8.88. The molecule has 1 amide bonds. The Morgan fingerprint density at radius 1 is 0.970 bits per heavy atom. The van der Waals surface area contributed by atoms with Gasteiger partial charge in [-0.3, -0.25) is 9.78 Å². The van der Waals surface area contributed by atoms with Crippen molar-refractivity contribution in [1.29, 1.82) is 0 Å². The number of nitrogens with zero attached hydrogens (tertiary/aromatic N) is 3. The number of hydrogen-bond acceptors (Lipinski definition) is 3. The SMILES string of the molecule is O=C(CCCc1c(-c2ccccn2)[nH]c2ccc(Cl)cc12)N1CCN(c2ccccc2)CC1. The quantitative estimate of drug-likeness (QED) is 0.412. The van der Waals surface area contributed by atoms with Crippen molar-refractivity contribution in [2.45, 2.75) is 19.3 Å². The van der Waals surface area contributed by atoms with Crippen LogP contribution in [0.1, 0.15) is 18.4 Å². The van der Waals surface area contributed by atoms with Gasteiger partial charge in [0, 0.05) is 60.4 Å². The van der Waals surface area contributed by atoms with Crippen LogP contribution >= 0.6 is 11.6 Å². The number of nitrogens with one attached hydrogen (secondary N) is 1. The molecule has 1 N–H and O–H groups in total. The highest BCUT2D eigenvalue weighted by molar-refractivity contribution is 6.31. The van der Waals surface area contributed by atoms with Gasteiger partial charge in [0.2, 0.25) is 5.91 Å². The van der Waals surface area contributed by atoms with E-state index >= 15 is 0 Å². The summed E-state index contributed by atoms with van der Waals surface area (Å²) in [5, 5.41) is 1.81. The summed E-state index contributed by atoms with van der Waals surface area (Å²) in [6, 6.07) is 22.2. The van der Waals surface area contributed by atoms with Gasteiger partial charge < -0.3 is 14.8 Å². The monoisotopic (exact) mass is 458 g/mol. The molecule has 5 nitrogen and oxygen atoms in total. The van der Waals surface area contributed by atoms with Crippen LogP contribution in [0, 0.1) is 0 Å². The van der Waals surface area contributed by atoms with Gasteiger partial charge in [-0.05, 0) is 60.9 Å². The van der Waals surface area contributed by atoms with Crippen LogP contribution in [-0.4, -0.2) is 47.0 Å². The molecule has 1 saturated heterocycles. The number of aryl methyl sites for hydroxylation is 1. The lowest BCUT2D eigenvalue weighted by atomic mass is 10.0. The number of amides is 1. The number of fused-ring (bicyclic) bond motifs is 1. The van der Waals surface area contributed by atoms with Gasteiger partial charge in [0.1, 0.15) is 0 Å². The predicted octanol–water partition coefficient (Wildman–Crippen LogP) is 5.55. The standard InChI is InChI=1S/C27H27ClN4O/c28-20-12-13-24-23(19-20)22(27(30-24)25-10-4-5-14-29-25)9-6-11-26(33)32-17-15-31(16-18-32)21-7-2-1-3-8-21/h1-5,7-8,10,12-14,19,30H,6,9,11,15-18H2. The molecule has 1 fully saturated rings. The van der Waals surface area contributed by atoms with Crippen LogP contribution in [0.3, 0.4) is 0 Å². The second-order valence-electron chi connectivity index (χ2n) is 8.44. The number of rotatable bonds is 6. The van der Waals surface area contributed by atoms with Gasteiger partial charge in [-0.25, -0.2) is 0 Å². The van der Waals surface area contributed by atoms with Crippen LogP contribution in [0.2, 0.25) is 5.02 Å². The summed E-state index contributed by atoms with van der Waals surface area (Å²) in [5.41, 5.74) is 5.36. The molecule has 0 unspecified atom stereocenters. The van der Waals surface area contributed by atoms with Crippen LogP contribution in [0.5, 0.6) is 0 Å². The fourth-order valence-corrected chi connectivity index (χ4v) is 4.81. The Bertz CT molecular complexity index is 1230. The minimum atomic E-state index is 0.236. The second kappa shape index (κ2) is 9.67. The zero-order valence-corrected chi connectivity index (χ0v) is 19.3. The van der Waals surface area contributed by atoms with E-state index in [1.54, 1.807) is 6.20 Å². The summed E-state index contributed by atoms with van der Waals surface area (Å²) in [7, 11) is 0. The van der Waals surface area contributed by atoms with E-state index in [1.165, 1.54) is 11.3 Å². The first-order valence-electron chi connectivity index (χ1n) is 11.5. The molecule has 33 heavy (non-hydrogen) atoms. The van der Waals surface area contributed by atoms with E-state index in [0.717, 1.165) is 61.3 Å². The molecule has 3 heterocycles. The molecule has 0 atom stereocenters. The third kappa shape index (κ3) is 4.74. The van der Waals surface area contributed by atoms with E-state index in [-0.39, 0.29) is 5.91 Å². The summed E-state index contributed by atoms with van der Waals surface area (Å²) >= 11 is 6.29. The Morgan fingerprint density at radius 2 is 1.76 bits per heavy atom. The molecule has 6 heteroatoms. The van der Waals surface area contributed by atoms with E-state index in [0.29, 0.717) is 11.4 Å².